The van der Waals surface area contributed by atoms with Crippen molar-refractivity contribution in [1.29, 1.82) is 0 Å². The molecule has 0 unspecified atom stereocenters. The first-order valence-corrected chi connectivity index (χ1v) is 4.27. The Kier molecular flexibility index (Phi) is 3.49. The van der Waals surface area contributed by atoms with Crippen LogP contribution in [0.3, 0.4) is 0 Å². The number of carbonyl (C=O) groups is 1. The maximum Gasteiger partial charge on any atom is 0.317 e. The summed E-state index contributed by atoms with van der Waals surface area (Å²) in [4.78, 5) is 12.2. The van der Waals surface area contributed by atoms with Crippen molar-refractivity contribution in [2.45, 2.75) is 12.8 Å². The topological polar surface area (TPSA) is 60.8 Å². The molecule has 0 spiro atoms. The standard InChI is InChI=1S/C8H15NO3/c10-6-7-2-1-3-9(4-7)5-8(11)12/h7,10H,1-6H2,(H,11,12)/t7-/m0/s1. The van der Waals surface area contributed by atoms with Gasteiger partial charge in [0.1, 0.15) is 0 Å². The molecular formula is C8H15NO3. The molecule has 1 fully saturated rings. The van der Waals surface area contributed by atoms with Gasteiger partial charge in [0, 0.05) is 13.2 Å². The number of aliphatic hydroxyl groups excluding tert-OH is 1. The molecule has 0 aromatic heterocycles. The van der Waals surface area contributed by atoms with Crippen molar-refractivity contribution in [2.24, 2.45) is 5.92 Å². The molecule has 1 saturated heterocycles. The molecule has 2 N–H and O–H groups in total. The lowest BCUT2D eigenvalue weighted by atomic mass is 9.99. The Labute approximate surface area is 71.8 Å². The largest absolute Gasteiger partial charge is 0.480 e. The molecule has 0 aromatic carbocycles. The molecule has 0 aromatic rings. The van der Waals surface area contributed by atoms with Crippen LogP contribution in [-0.2, 0) is 4.79 Å². The van der Waals surface area contributed by atoms with Crippen LogP contribution in [0.15, 0.2) is 0 Å². The Hall–Kier alpha value is -0.610. The highest BCUT2D eigenvalue weighted by Gasteiger charge is 2.20. The predicted octanol–water partition coefficient (Wildman–Crippen LogP) is -0.225. The summed E-state index contributed by atoms with van der Waals surface area (Å²) in [6.45, 7) is 1.86. The van der Waals surface area contributed by atoms with Crippen molar-refractivity contribution in [3.63, 3.8) is 0 Å². The fraction of sp³-hybridized carbons (Fsp3) is 0.875. The molecule has 1 rings (SSSR count). The Morgan fingerprint density at radius 1 is 1.58 bits per heavy atom. The summed E-state index contributed by atoms with van der Waals surface area (Å²) in [6.07, 6.45) is 2.02. The van der Waals surface area contributed by atoms with Gasteiger partial charge in [-0.15, -0.1) is 0 Å². The van der Waals surface area contributed by atoms with E-state index in [1.165, 1.54) is 0 Å². The summed E-state index contributed by atoms with van der Waals surface area (Å²) < 4.78 is 0. The monoisotopic (exact) mass is 173 g/mol. The molecule has 0 radical (unpaired) electrons. The average Bonchev–Trinajstić information content (AvgIpc) is 2.03. The molecule has 0 amide bonds. The van der Waals surface area contributed by atoms with Crippen LogP contribution in [0, 0.1) is 5.92 Å². The molecular weight excluding hydrogens is 158 g/mol. The molecule has 4 nitrogen and oxygen atoms in total. The number of hydrogen-bond donors (Lipinski definition) is 2. The van der Waals surface area contributed by atoms with E-state index in [0.717, 1.165) is 25.9 Å². The van der Waals surface area contributed by atoms with Crippen molar-refractivity contribution < 1.29 is 15.0 Å². The first kappa shape index (κ1) is 9.48. The summed E-state index contributed by atoms with van der Waals surface area (Å²) in [6, 6.07) is 0. The van der Waals surface area contributed by atoms with Gasteiger partial charge < -0.3 is 10.2 Å². The van der Waals surface area contributed by atoms with E-state index in [0.29, 0.717) is 0 Å². The van der Waals surface area contributed by atoms with Gasteiger partial charge in [-0.2, -0.15) is 0 Å². The maximum atomic E-state index is 10.4. The van der Waals surface area contributed by atoms with Gasteiger partial charge in [-0.3, -0.25) is 9.69 Å². The van der Waals surface area contributed by atoms with Crippen molar-refractivity contribution in [2.75, 3.05) is 26.2 Å². The highest BCUT2D eigenvalue weighted by molar-refractivity contribution is 5.69. The Morgan fingerprint density at radius 2 is 2.33 bits per heavy atom. The number of piperidine rings is 1. The zero-order chi connectivity index (χ0) is 8.97. The first-order valence-electron chi connectivity index (χ1n) is 4.27. The molecule has 1 heterocycles. The fourth-order valence-electron chi connectivity index (χ4n) is 1.64. The summed E-state index contributed by atoms with van der Waals surface area (Å²) in [5.74, 6) is -0.508. The number of hydrogen-bond acceptors (Lipinski definition) is 3. The number of carboxylic acids is 1. The van der Waals surface area contributed by atoms with Gasteiger partial charge in [0.15, 0.2) is 0 Å². The lowest BCUT2D eigenvalue weighted by Crippen LogP contribution is -2.39. The van der Waals surface area contributed by atoms with E-state index < -0.39 is 5.97 Å². The smallest absolute Gasteiger partial charge is 0.317 e. The molecule has 1 aliphatic heterocycles. The average molecular weight is 173 g/mol. The van der Waals surface area contributed by atoms with E-state index in [2.05, 4.69) is 0 Å². The van der Waals surface area contributed by atoms with Gasteiger partial charge in [0.05, 0.1) is 6.54 Å². The van der Waals surface area contributed by atoms with Crippen LogP contribution in [0.2, 0.25) is 0 Å². The molecule has 4 heteroatoms. The summed E-state index contributed by atoms with van der Waals surface area (Å²) in [5.41, 5.74) is 0. The zero-order valence-electron chi connectivity index (χ0n) is 7.07. The van der Waals surface area contributed by atoms with Crippen molar-refractivity contribution >= 4 is 5.97 Å². The van der Waals surface area contributed by atoms with E-state index in [1.54, 1.807) is 0 Å². The van der Waals surface area contributed by atoms with E-state index in [4.69, 9.17) is 10.2 Å². The van der Waals surface area contributed by atoms with Crippen LogP contribution in [0.5, 0.6) is 0 Å². The number of aliphatic carboxylic acids is 1. The van der Waals surface area contributed by atoms with Crippen LogP contribution in [0.1, 0.15) is 12.8 Å². The zero-order valence-corrected chi connectivity index (χ0v) is 7.07. The van der Waals surface area contributed by atoms with E-state index in [1.807, 2.05) is 4.90 Å². The summed E-state index contributed by atoms with van der Waals surface area (Å²) in [7, 11) is 0. The quantitative estimate of drug-likeness (QED) is 0.619. The van der Waals surface area contributed by atoms with Gasteiger partial charge >= 0.3 is 5.97 Å². The maximum absolute atomic E-state index is 10.4. The first-order chi connectivity index (χ1) is 5.72. The van der Waals surface area contributed by atoms with Crippen molar-refractivity contribution in [1.82, 2.24) is 4.90 Å². The van der Waals surface area contributed by atoms with Gasteiger partial charge in [-0.25, -0.2) is 0 Å². The minimum atomic E-state index is -0.784. The fourth-order valence-corrected chi connectivity index (χ4v) is 1.64. The molecule has 70 valence electrons. The minimum Gasteiger partial charge on any atom is -0.480 e. The van der Waals surface area contributed by atoms with Crippen molar-refractivity contribution in [3.8, 4) is 0 Å². The summed E-state index contributed by atoms with van der Waals surface area (Å²) >= 11 is 0. The molecule has 0 aliphatic carbocycles. The number of nitrogens with zero attached hydrogens (tertiary/aromatic N) is 1. The SMILES string of the molecule is O=C(O)CN1CCC[C@H](CO)C1. The molecule has 12 heavy (non-hydrogen) atoms. The van der Waals surface area contributed by atoms with Crippen LogP contribution in [0.4, 0.5) is 0 Å². The highest BCUT2D eigenvalue weighted by atomic mass is 16.4. The number of carboxylic acid groups (broad SMARTS) is 1. The van der Waals surface area contributed by atoms with Crippen molar-refractivity contribution in [3.05, 3.63) is 0 Å². The van der Waals surface area contributed by atoms with E-state index >= 15 is 0 Å². The number of rotatable bonds is 3. The van der Waals surface area contributed by atoms with Crippen LogP contribution >= 0.6 is 0 Å². The predicted molar refractivity (Wildman–Crippen MR) is 43.9 cm³/mol. The second-order valence-corrected chi connectivity index (χ2v) is 3.32. The van der Waals surface area contributed by atoms with Crippen LogP contribution in [0.25, 0.3) is 0 Å². The van der Waals surface area contributed by atoms with Crippen LogP contribution < -0.4 is 0 Å². The van der Waals surface area contributed by atoms with Crippen LogP contribution in [-0.4, -0.2) is 47.3 Å². The van der Waals surface area contributed by atoms with Gasteiger partial charge in [-0.05, 0) is 25.3 Å². The Balaban J connectivity index is 2.30. The third-order valence-electron chi connectivity index (χ3n) is 2.22. The summed E-state index contributed by atoms with van der Waals surface area (Å²) in [5, 5.41) is 17.4. The Morgan fingerprint density at radius 3 is 2.92 bits per heavy atom. The Bertz CT molecular complexity index is 160. The van der Waals surface area contributed by atoms with Gasteiger partial charge in [0.2, 0.25) is 0 Å². The lowest BCUT2D eigenvalue weighted by molar-refractivity contribution is -0.138. The van der Waals surface area contributed by atoms with Gasteiger partial charge in [-0.1, -0.05) is 0 Å². The molecule has 1 aliphatic rings. The van der Waals surface area contributed by atoms with E-state index in [-0.39, 0.29) is 19.1 Å². The second kappa shape index (κ2) is 4.42. The third kappa shape index (κ3) is 2.79. The normalized spacial score (nSPS) is 25.6. The minimum absolute atomic E-state index is 0.108. The molecule has 0 saturated carbocycles. The number of likely N-dealkylation sites (tertiary alicyclic amines) is 1. The second-order valence-electron chi connectivity index (χ2n) is 3.32. The van der Waals surface area contributed by atoms with E-state index in [9.17, 15) is 4.79 Å². The molecule has 0 bridgehead atoms. The molecule has 1 atom stereocenters. The number of aliphatic hydroxyl groups is 1. The third-order valence-corrected chi connectivity index (χ3v) is 2.22. The highest BCUT2D eigenvalue weighted by Crippen LogP contribution is 2.14. The lowest BCUT2D eigenvalue weighted by Gasteiger charge is -2.30. The van der Waals surface area contributed by atoms with Gasteiger partial charge in [0.25, 0.3) is 0 Å².